The van der Waals surface area contributed by atoms with Crippen LogP contribution < -0.4 is 0 Å². The van der Waals surface area contributed by atoms with Crippen LogP contribution in [-0.2, 0) is 0 Å². The average molecular weight is 135 g/mol. The lowest BCUT2D eigenvalue weighted by atomic mass is 9.87. The molecule has 9 heavy (non-hydrogen) atoms. The van der Waals surface area contributed by atoms with Crippen LogP contribution in [0.25, 0.3) is 0 Å². The summed E-state index contributed by atoms with van der Waals surface area (Å²) in [4.78, 5) is 1.84. The lowest BCUT2D eigenvalue weighted by Crippen LogP contribution is -2.47. The number of hydrogen-bond donors (Lipinski definition) is 0. The monoisotopic (exact) mass is 135 g/mol. The highest BCUT2D eigenvalue weighted by Gasteiger charge is 2.45. The topological polar surface area (TPSA) is 3.24 Å². The molecular formula is C6H11F2N. The minimum Gasteiger partial charge on any atom is -0.306 e. The zero-order valence-corrected chi connectivity index (χ0v) is 5.69. The molecule has 1 saturated carbocycles. The van der Waals surface area contributed by atoms with E-state index in [-0.39, 0.29) is 18.9 Å². The van der Waals surface area contributed by atoms with Crippen LogP contribution in [0, 0.1) is 0 Å². The Balaban J connectivity index is 2.27. The van der Waals surface area contributed by atoms with Gasteiger partial charge in [-0.15, -0.1) is 0 Å². The van der Waals surface area contributed by atoms with Crippen molar-refractivity contribution in [2.24, 2.45) is 0 Å². The summed E-state index contributed by atoms with van der Waals surface area (Å²) in [7, 11) is 3.67. The lowest BCUT2D eigenvalue weighted by Gasteiger charge is -2.39. The molecule has 0 bridgehead atoms. The smallest absolute Gasteiger partial charge is 0.251 e. The Labute approximate surface area is 53.6 Å². The normalized spacial score (nSPS) is 26.3. The highest BCUT2D eigenvalue weighted by atomic mass is 19.3. The summed E-state index contributed by atoms with van der Waals surface area (Å²) in [6.07, 6.45) is 0.0833. The van der Waals surface area contributed by atoms with Crippen LogP contribution in [0.3, 0.4) is 0 Å². The highest BCUT2D eigenvalue weighted by molar-refractivity contribution is 4.90. The van der Waals surface area contributed by atoms with Gasteiger partial charge in [0, 0.05) is 18.9 Å². The summed E-state index contributed by atoms with van der Waals surface area (Å²) >= 11 is 0. The van der Waals surface area contributed by atoms with Crippen LogP contribution in [0.4, 0.5) is 8.78 Å². The van der Waals surface area contributed by atoms with Crippen LogP contribution in [0.5, 0.6) is 0 Å². The van der Waals surface area contributed by atoms with Crippen molar-refractivity contribution < 1.29 is 8.78 Å². The molecule has 0 saturated heterocycles. The maximum Gasteiger partial charge on any atom is 0.251 e. The van der Waals surface area contributed by atoms with Crippen molar-refractivity contribution in [2.45, 2.75) is 24.8 Å². The second-order valence-electron chi connectivity index (χ2n) is 2.88. The molecule has 3 heteroatoms. The Bertz CT molecular complexity index is 104. The molecule has 0 amide bonds. The lowest BCUT2D eigenvalue weighted by molar-refractivity contribution is -0.115. The first-order valence-corrected chi connectivity index (χ1v) is 3.05. The van der Waals surface area contributed by atoms with Gasteiger partial charge in [0.05, 0.1) is 0 Å². The molecule has 1 fully saturated rings. The van der Waals surface area contributed by atoms with Crippen molar-refractivity contribution >= 4 is 0 Å². The average Bonchev–Trinajstić information content (AvgIpc) is 1.59. The highest BCUT2D eigenvalue weighted by Crippen LogP contribution is 2.39. The van der Waals surface area contributed by atoms with Crippen molar-refractivity contribution in [1.29, 1.82) is 0 Å². The third-order valence-electron chi connectivity index (χ3n) is 1.80. The van der Waals surface area contributed by atoms with Gasteiger partial charge in [-0.2, -0.15) is 0 Å². The Morgan fingerprint density at radius 2 is 1.78 bits per heavy atom. The number of rotatable bonds is 1. The summed E-state index contributed by atoms with van der Waals surface area (Å²) in [5.41, 5.74) is 0. The number of halogens is 2. The van der Waals surface area contributed by atoms with Gasteiger partial charge in [0.2, 0.25) is 0 Å². The zero-order valence-electron chi connectivity index (χ0n) is 5.69. The first kappa shape index (κ1) is 6.93. The largest absolute Gasteiger partial charge is 0.306 e. The van der Waals surface area contributed by atoms with Gasteiger partial charge in [-0.3, -0.25) is 0 Å². The van der Waals surface area contributed by atoms with Gasteiger partial charge in [0.15, 0.2) is 0 Å². The molecule has 1 aliphatic carbocycles. The third-order valence-corrected chi connectivity index (χ3v) is 1.80. The Morgan fingerprint density at radius 3 is 1.89 bits per heavy atom. The van der Waals surface area contributed by atoms with Crippen molar-refractivity contribution in [3.8, 4) is 0 Å². The summed E-state index contributed by atoms with van der Waals surface area (Å²) in [6, 6.07) is 0.111. The van der Waals surface area contributed by atoms with Gasteiger partial charge >= 0.3 is 0 Å². The molecule has 0 spiro atoms. The quantitative estimate of drug-likeness (QED) is 0.524. The number of alkyl halides is 2. The second kappa shape index (κ2) is 1.90. The Kier molecular flexibility index (Phi) is 1.47. The first-order valence-electron chi connectivity index (χ1n) is 3.05. The molecule has 1 rings (SSSR count). The van der Waals surface area contributed by atoms with E-state index in [0.717, 1.165) is 0 Å². The number of nitrogens with zero attached hydrogens (tertiary/aromatic N) is 1. The number of hydrogen-bond acceptors (Lipinski definition) is 1. The molecule has 0 aromatic rings. The van der Waals surface area contributed by atoms with Crippen molar-refractivity contribution in [1.82, 2.24) is 4.90 Å². The predicted molar refractivity (Wildman–Crippen MR) is 31.7 cm³/mol. The molecule has 0 N–H and O–H groups in total. The van der Waals surface area contributed by atoms with E-state index < -0.39 is 5.92 Å². The fourth-order valence-electron chi connectivity index (χ4n) is 0.995. The van der Waals surface area contributed by atoms with E-state index in [1.165, 1.54) is 0 Å². The summed E-state index contributed by atoms with van der Waals surface area (Å²) in [5, 5.41) is 0. The summed E-state index contributed by atoms with van der Waals surface area (Å²) in [6.45, 7) is 0. The molecule has 0 aromatic carbocycles. The molecule has 1 aliphatic rings. The van der Waals surface area contributed by atoms with Gasteiger partial charge in [-0.05, 0) is 14.1 Å². The fourth-order valence-corrected chi connectivity index (χ4v) is 0.995. The predicted octanol–water partition coefficient (Wildman–Crippen LogP) is 1.35. The maximum absolute atomic E-state index is 12.1. The molecule has 0 heterocycles. The second-order valence-corrected chi connectivity index (χ2v) is 2.88. The molecule has 0 atom stereocenters. The zero-order chi connectivity index (χ0) is 7.07. The van der Waals surface area contributed by atoms with Gasteiger partial charge < -0.3 is 4.90 Å². The minimum absolute atomic E-state index is 0.0417. The fraction of sp³-hybridized carbons (Fsp3) is 1.00. The van der Waals surface area contributed by atoms with Gasteiger partial charge in [0.25, 0.3) is 5.92 Å². The standard InChI is InChI=1S/C6H11F2N/c1-9(2)5-3-6(7,8)4-5/h5H,3-4H2,1-2H3. The van der Waals surface area contributed by atoms with Gasteiger partial charge in [-0.25, -0.2) is 8.78 Å². The molecular weight excluding hydrogens is 124 g/mol. The minimum atomic E-state index is -2.37. The van der Waals surface area contributed by atoms with Crippen LogP contribution in [-0.4, -0.2) is 31.0 Å². The van der Waals surface area contributed by atoms with Crippen LogP contribution >= 0.6 is 0 Å². The van der Waals surface area contributed by atoms with Crippen LogP contribution in [0.15, 0.2) is 0 Å². The summed E-state index contributed by atoms with van der Waals surface area (Å²) in [5.74, 6) is -2.37. The Morgan fingerprint density at radius 1 is 1.33 bits per heavy atom. The maximum atomic E-state index is 12.1. The van der Waals surface area contributed by atoms with E-state index in [9.17, 15) is 8.78 Å². The van der Waals surface area contributed by atoms with Crippen molar-refractivity contribution in [3.05, 3.63) is 0 Å². The summed E-state index contributed by atoms with van der Waals surface area (Å²) < 4.78 is 24.2. The molecule has 1 nitrogen and oxygen atoms in total. The van der Waals surface area contributed by atoms with Gasteiger partial charge in [0.1, 0.15) is 0 Å². The van der Waals surface area contributed by atoms with Gasteiger partial charge in [-0.1, -0.05) is 0 Å². The van der Waals surface area contributed by atoms with Crippen LogP contribution in [0.1, 0.15) is 12.8 Å². The van der Waals surface area contributed by atoms with Crippen LogP contribution in [0.2, 0.25) is 0 Å². The Hall–Kier alpha value is -0.180. The molecule has 0 unspecified atom stereocenters. The first-order chi connectivity index (χ1) is 4.01. The molecule has 0 radical (unpaired) electrons. The molecule has 0 aromatic heterocycles. The van der Waals surface area contributed by atoms with E-state index >= 15 is 0 Å². The van der Waals surface area contributed by atoms with E-state index in [0.29, 0.717) is 0 Å². The van der Waals surface area contributed by atoms with Crippen molar-refractivity contribution in [2.75, 3.05) is 14.1 Å². The van der Waals surface area contributed by atoms with E-state index in [1.807, 2.05) is 19.0 Å². The van der Waals surface area contributed by atoms with Crippen molar-refractivity contribution in [3.63, 3.8) is 0 Å². The SMILES string of the molecule is CN(C)C1CC(F)(F)C1. The third kappa shape index (κ3) is 1.39. The molecule has 54 valence electrons. The van der Waals surface area contributed by atoms with E-state index in [2.05, 4.69) is 0 Å². The van der Waals surface area contributed by atoms with E-state index in [4.69, 9.17) is 0 Å². The molecule has 0 aliphatic heterocycles. The van der Waals surface area contributed by atoms with E-state index in [1.54, 1.807) is 0 Å².